The Morgan fingerprint density at radius 2 is 1.87 bits per heavy atom. The second-order valence-corrected chi connectivity index (χ2v) is 11.0. The monoisotopic (exact) mass is 517 g/mol. The number of hydrogen-bond donors (Lipinski definition) is 0. The van der Waals surface area contributed by atoms with Gasteiger partial charge in [0.25, 0.3) is 0 Å². The molecule has 4 aromatic rings. The Balaban J connectivity index is 1.39. The van der Waals surface area contributed by atoms with Crippen LogP contribution in [0.4, 0.5) is 5.69 Å². The number of hydrogen-bond acceptors (Lipinski definition) is 7. The van der Waals surface area contributed by atoms with E-state index in [1.807, 2.05) is 87.8 Å². The molecule has 3 aromatic heterocycles. The molecule has 0 bridgehead atoms. The third-order valence-corrected chi connectivity index (χ3v) is 6.93. The van der Waals surface area contributed by atoms with Gasteiger partial charge in [0.05, 0.1) is 30.0 Å². The van der Waals surface area contributed by atoms with E-state index < -0.39 is 5.60 Å². The number of nitrogens with zero attached hydrogens (tertiary/aromatic N) is 7. The van der Waals surface area contributed by atoms with Crippen molar-refractivity contribution in [3.63, 3.8) is 0 Å². The molecule has 0 amide bonds. The van der Waals surface area contributed by atoms with Gasteiger partial charge in [0.2, 0.25) is 0 Å². The van der Waals surface area contributed by atoms with Crippen molar-refractivity contribution in [3.05, 3.63) is 70.8 Å². The van der Waals surface area contributed by atoms with Crippen molar-refractivity contribution in [1.82, 2.24) is 28.6 Å². The van der Waals surface area contributed by atoms with Crippen LogP contribution < -0.4 is 10.6 Å². The highest BCUT2D eigenvalue weighted by Gasteiger charge is 2.30. The first-order chi connectivity index (χ1) is 18.0. The van der Waals surface area contributed by atoms with Crippen LogP contribution in [0.2, 0.25) is 0 Å². The maximum Gasteiger partial charge on any atom is 0.357 e. The molecule has 1 atom stereocenters. The van der Waals surface area contributed by atoms with Crippen molar-refractivity contribution in [1.29, 1.82) is 0 Å². The van der Waals surface area contributed by atoms with Gasteiger partial charge in [-0.3, -0.25) is 14.0 Å². The molecular weight excluding hydrogens is 482 g/mol. The number of esters is 1. The third kappa shape index (κ3) is 4.83. The molecule has 38 heavy (non-hydrogen) atoms. The average Bonchev–Trinajstić information content (AvgIpc) is 3.54. The van der Waals surface area contributed by atoms with E-state index in [9.17, 15) is 9.59 Å². The zero-order valence-electron chi connectivity index (χ0n) is 22.9. The SMILES string of the molecule is CN(C)c1ccc(-n2c(=O)n(C3CCN(Cc4ncc(C(=O)OC(C)(C)C)n4C)C3)c3ncccc32)cc1. The number of ether oxygens (including phenoxy) is 1. The smallest absolute Gasteiger partial charge is 0.357 e. The summed E-state index contributed by atoms with van der Waals surface area (Å²) in [6.07, 6.45) is 4.12. The molecule has 1 fully saturated rings. The van der Waals surface area contributed by atoms with Crippen molar-refractivity contribution >= 4 is 22.8 Å². The van der Waals surface area contributed by atoms with E-state index >= 15 is 0 Å². The van der Waals surface area contributed by atoms with Crippen LogP contribution in [0.25, 0.3) is 16.9 Å². The molecule has 10 heteroatoms. The van der Waals surface area contributed by atoms with Crippen LogP contribution in [-0.2, 0) is 18.3 Å². The van der Waals surface area contributed by atoms with Crippen LogP contribution in [0.3, 0.4) is 0 Å². The minimum atomic E-state index is -0.571. The van der Waals surface area contributed by atoms with Gasteiger partial charge >= 0.3 is 11.7 Å². The molecule has 0 aliphatic carbocycles. The largest absolute Gasteiger partial charge is 0.455 e. The molecule has 1 aliphatic heterocycles. The molecule has 0 spiro atoms. The van der Waals surface area contributed by atoms with Crippen LogP contribution >= 0.6 is 0 Å². The Morgan fingerprint density at radius 1 is 1.13 bits per heavy atom. The van der Waals surface area contributed by atoms with E-state index in [2.05, 4.69) is 14.9 Å². The zero-order valence-corrected chi connectivity index (χ0v) is 22.9. The summed E-state index contributed by atoms with van der Waals surface area (Å²) in [6, 6.07) is 11.7. The Labute approximate surface area is 222 Å². The predicted octanol–water partition coefficient (Wildman–Crippen LogP) is 3.39. The van der Waals surface area contributed by atoms with Crippen LogP contribution in [0.15, 0.2) is 53.6 Å². The van der Waals surface area contributed by atoms with E-state index in [1.165, 1.54) is 0 Å². The minimum absolute atomic E-state index is 0.0206. The lowest BCUT2D eigenvalue weighted by atomic mass is 10.2. The van der Waals surface area contributed by atoms with Crippen molar-refractivity contribution in [2.24, 2.45) is 7.05 Å². The van der Waals surface area contributed by atoms with E-state index in [1.54, 1.807) is 21.5 Å². The second kappa shape index (κ2) is 9.75. The number of aromatic nitrogens is 5. The van der Waals surface area contributed by atoms with Gasteiger partial charge in [-0.25, -0.2) is 19.6 Å². The van der Waals surface area contributed by atoms with Crippen LogP contribution in [-0.4, -0.2) is 67.3 Å². The number of likely N-dealkylation sites (tertiary alicyclic amines) is 1. The molecule has 5 rings (SSSR count). The van der Waals surface area contributed by atoms with E-state index in [-0.39, 0.29) is 17.7 Å². The first-order valence-corrected chi connectivity index (χ1v) is 12.9. The van der Waals surface area contributed by atoms with Crippen molar-refractivity contribution in [2.45, 2.75) is 45.4 Å². The Hall–Kier alpha value is -3.92. The van der Waals surface area contributed by atoms with Gasteiger partial charge in [0.1, 0.15) is 17.1 Å². The van der Waals surface area contributed by atoms with E-state index in [4.69, 9.17) is 4.74 Å². The highest BCUT2D eigenvalue weighted by Crippen LogP contribution is 2.27. The minimum Gasteiger partial charge on any atom is -0.455 e. The summed E-state index contributed by atoms with van der Waals surface area (Å²) in [5.74, 6) is 0.391. The highest BCUT2D eigenvalue weighted by atomic mass is 16.6. The van der Waals surface area contributed by atoms with Gasteiger partial charge in [-0.2, -0.15) is 0 Å². The molecule has 0 radical (unpaired) electrons. The quantitative estimate of drug-likeness (QED) is 0.362. The number of benzene rings is 1. The number of carbonyl (C=O) groups is 1. The normalized spacial score (nSPS) is 16.3. The van der Waals surface area contributed by atoms with E-state index in [0.717, 1.165) is 35.7 Å². The van der Waals surface area contributed by atoms with Crippen LogP contribution in [0.5, 0.6) is 0 Å². The second-order valence-electron chi connectivity index (χ2n) is 11.0. The molecule has 1 unspecified atom stereocenters. The molecular formula is C28H35N7O3. The lowest BCUT2D eigenvalue weighted by Crippen LogP contribution is -2.29. The number of fused-ring (bicyclic) bond motifs is 1. The van der Waals surface area contributed by atoms with Gasteiger partial charge in [-0.15, -0.1) is 0 Å². The van der Waals surface area contributed by atoms with Crippen molar-refractivity contribution < 1.29 is 9.53 Å². The Kier molecular flexibility index (Phi) is 6.60. The fraction of sp³-hybridized carbons (Fsp3) is 0.429. The molecule has 200 valence electrons. The summed E-state index contributed by atoms with van der Waals surface area (Å²) in [5, 5.41) is 0. The predicted molar refractivity (Wildman–Crippen MR) is 147 cm³/mol. The Bertz CT molecular complexity index is 1520. The van der Waals surface area contributed by atoms with Gasteiger partial charge in [0.15, 0.2) is 5.65 Å². The summed E-state index contributed by atoms with van der Waals surface area (Å²) < 4.78 is 10.9. The zero-order chi connectivity index (χ0) is 27.2. The van der Waals surface area contributed by atoms with Crippen molar-refractivity contribution in [2.75, 3.05) is 32.1 Å². The molecule has 10 nitrogen and oxygen atoms in total. The number of rotatable bonds is 6. The summed E-state index contributed by atoms with van der Waals surface area (Å²) in [5.41, 5.74) is 3.12. The molecule has 1 saturated heterocycles. The number of pyridine rings is 1. The standard InChI is InChI=1S/C28H35N7O3/c1-28(2,3)38-26(36)23-16-30-24(32(23)6)18-33-15-13-21(17-33)35-25-22(8-7-14-29-25)34(27(35)37)20-11-9-19(10-12-20)31(4)5/h7-12,14,16,21H,13,15,17-18H2,1-6H3. The molecule has 0 N–H and O–H groups in total. The average molecular weight is 518 g/mol. The lowest BCUT2D eigenvalue weighted by Gasteiger charge is -2.20. The van der Waals surface area contributed by atoms with Crippen LogP contribution in [0, 0.1) is 0 Å². The van der Waals surface area contributed by atoms with Crippen LogP contribution in [0.1, 0.15) is 49.5 Å². The number of anilines is 1. The molecule has 4 heterocycles. The van der Waals surface area contributed by atoms with E-state index in [0.29, 0.717) is 24.4 Å². The summed E-state index contributed by atoms with van der Waals surface area (Å²) in [7, 11) is 5.82. The molecule has 0 saturated carbocycles. The van der Waals surface area contributed by atoms with Gasteiger partial charge < -0.3 is 14.2 Å². The Morgan fingerprint density at radius 3 is 2.55 bits per heavy atom. The number of carbonyl (C=O) groups excluding carboxylic acids is 1. The lowest BCUT2D eigenvalue weighted by molar-refractivity contribution is 0.00584. The highest BCUT2D eigenvalue weighted by molar-refractivity contribution is 5.87. The fourth-order valence-electron chi connectivity index (χ4n) is 5.01. The first-order valence-electron chi connectivity index (χ1n) is 12.9. The third-order valence-electron chi connectivity index (χ3n) is 6.93. The van der Waals surface area contributed by atoms with Gasteiger partial charge in [-0.05, 0) is 63.6 Å². The topological polar surface area (TPSA) is 90.4 Å². The van der Waals surface area contributed by atoms with Crippen molar-refractivity contribution in [3.8, 4) is 5.69 Å². The van der Waals surface area contributed by atoms with Gasteiger partial charge in [-0.1, -0.05) is 0 Å². The fourth-order valence-corrected chi connectivity index (χ4v) is 5.01. The molecule has 1 aromatic carbocycles. The van der Waals surface area contributed by atoms with Gasteiger partial charge in [0, 0.05) is 46.1 Å². The maximum absolute atomic E-state index is 13.8. The number of imidazole rings is 2. The maximum atomic E-state index is 13.8. The first kappa shape index (κ1) is 25.7. The summed E-state index contributed by atoms with van der Waals surface area (Å²) >= 11 is 0. The molecule has 1 aliphatic rings. The summed E-state index contributed by atoms with van der Waals surface area (Å²) in [6.45, 7) is 7.60. The summed E-state index contributed by atoms with van der Waals surface area (Å²) in [4.78, 5) is 39.7.